The summed E-state index contributed by atoms with van der Waals surface area (Å²) in [5.41, 5.74) is 2.69. The zero-order valence-electron chi connectivity index (χ0n) is 11.4. The molecule has 18 heavy (non-hydrogen) atoms. The fraction of sp³-hybridized carbons (Fsp3) is 0.267. The molecule has 0 nitrogen and oxygen atoms in total. The Balaban J connectivity index is -0.000000182. The quantitative estimate of drug-likeness (QED) is 0.485. The van der Waals surface area contributed by atoms with E-state index in [-0.39, 0.29) is 24.8 Å². The molecule has 100 valence electrons. The molecule has 0 saturated heterocycles. The zero-order valence-corrected chi connectivity index (χ0v) is 15.3. The molecule has 0 unspecified atom stereocenters. The van der Waals surface area contributed by atoms with Gasteiger partial charge in [0.1, 0.15) is 0 Å². The van der Waals surface area contributed by atoms with Gasteiger partial charge < -0.3 is 24.8 Å². The molecule has 0 bridgehead atoms. The van der Waals surface area contributed by atoms with Crippen LogP contribution >= 0.6 is 0 Å². The van der Waals surface area contributed by atoms with Crippen molar-refractivity contribution in [2.24, 2.45) is 0 Å². The van der Waals surface area contributed by atoms with E-state index >= 15 is 0 Å². The van der Waals surface area contributed by atoms with Gasteiger partial charge in [0.15, 0.2) is 0 Å². The molecule has 0 aromatic heterocycles. The Morgan fingerprint density at radius 3 is 0.944 bits per heavy atom. The van der Waals surface area contributed by atoms with Gasteiger partial charge in [0, 0.05) is 0 Å². The first-order valence-corrected chi connectivity index (χ1v) is 6.63. The average molecular weight is 362 g/mol. The molecule has 0 heterocycles. The van der Waals surface area contributed by atoms with Gasteiger partial charge in [-0.3, -0.25) is 0 Å². The molecule has 3 heteroatoms. The molecule has 0 amide bonds. The van der Waals surface area contributed by atoms with Gasteiger partial charge in [-0.2, -0.15) is 35.4 Å². The Kier molecular flexibility index (Phi) is 19.4. The van der Waals surface area contributed by atoms with E-state index in [0.29, 0.717) is 0 Å². The van der Waals surface area contributed by atoms with Crippen LogP contribution in [0.3, 0.4) is 0 Å². The Morgan fingerprint density at radius 1 is 0.722 bits per heavy atom. The third-order valence-corrected chi connectivity index (χ3v) is 1.66. The van der Waals surface area contributed by atoms with E-state index in [1.54, 1.807) is 24.2 Å². The summed E-state index contributed by atoms with van der Waals surface area (Å²) in [7, 11) is 0. The van der Waals surface area contributed by atoms with E-state index in [2.05, 4.69) is 52.0 Å². The first kappa shape index (κ1) is 23.2. The van der Waals surface area contributed by atoms with Crippen molar-refractivity contribution in [3.8, 4) is 0 Å². The summed E-state index contributed by atoms with van der Waals surface area (Å²) in [5, 5.41) is 0. The Bertz CT molecular complexity index is 325. The van der Waals surface area contributed by atoms with Crippen molar-refractivity contribution < 1.29 is 49.0 Å². The van der Waals surface area contributed by atoms with Crippen LogP contribution in [0.5, 0.6) is 0 Å². The maximum atomic E-state index is 2.12. The summed E-state index contributed by atoms with van der Waals surface area (Å²) < 4.78 is 1.51. The summed E-state index contributed by atoms with van der Waals surface area (Å²) in [6.07, 6.45) is 0. The van der Waals surface area contributed by atoms with Gasteiger partial charge in [-0.1, -0.05) is 13.8 Å². The number of halogens is 2. The van der Waals surface area contributed by atoms with Gasteiger partial charge in [0.25, 0.3) is 0 Å². The largest absolute Gasteiger partial charge is 1.00 e. The molecule has 0 N–H and O–H groups in total. The molecule has 0 aliphatic rings. The van der Waals surface area contributed by atoms with Gasteiger partial charge >= 0.3 is 41.3 Å². The summed E-state index contributed by atoms with van der Waals surface area (Å²) >= 11 is 1.55. The third kappa shape index (κ3) is 18.4. The Labute approximate surface area is 139 Å². The predicted molar refractivity (Wildman–Crippen MR) is 69.9 cm³/mol. The molecule has 2 rings (SSSR count). The van der Waals surface area contributed by atoms with Gasteiger partial charge in [0.2, 0.25) is 0 Å². The van der Waals surface area contributed by atoms with E-state index in [1.165, 1.54) is 14.3 Å². The van der Waals surface area contributed by atoms with E-state index in [9.17, 15) is 0 Å². The van der Waals surface area contributed by atoms with Crippen LogP contribution in [0.1, 0.15) is 25.0 Å². The van der Waals surface area contributed by atoms with E-state index in [0.717, 1.165) is 0 Å². The maximum Gasteiger partial charge on any atom is -0.0860 e. The summed E-state index contributed by atoms with van der Waals surface area (Å²) in [6.45, 7) is 8.41. The van der Waals surface area contributed by atoms with Crippen LogP contribution in [-0.2, 0) is 24.2 Å². The van der Waals surface area contributed by atoms with Crippen LogP contribution in [0, 0.1) is 13.8 Å². The van der Waals surface area contributed by atoms with Crippen molar-refractivity contribution in [3.63, 3.8) is 0 Å². The second kappa shape index (κ2) is 15.1. The predicted octanol–water partition coefficient (Wildman–Crippen LogP) is -1.82. The number of aryl methyl sites for hydroxylation is 2. The molecule has 2 aromatic rings. The molecule has 0 saturated carbocycles. The summed E-state index contributed by atoms with van der Waals surface area (Å²) in [4.78, 5) is 0. The Hall–Kier alpha value is 0.0331. The Morgan fingerprint density at radius 2 is 0.889 bits per heavy atom. The van der Waals surface area contributed by atoms with Crippen molar-refractivity contribution in [1.82, 2.24) is 0 Å². The van der Waals surface area contributed by atoms with Crippen LogP contribution in [-0.4, -0.2) is 3.21 Å². The minimum absolute atomic E-state index is 0. The van der Waals surface area contributed by atoms with Crippen molar-refractivity contribution in [2.75, 3.05) is 0 Å². The van der Waals surface area contributed by atoms with Crippen LogP contribution in [0.4, 0.5) is 0 Å². The minimum atomic E-state index is 0. The monoisotopic (exact) mass is 360 g/mol. The topological polar surface area (TPSA) is 0 Å². The van der Waals surface area contributed by atoms with E-state index in [4.69, 9.17) is 0 Å². The third-order valence-electron chi connectivity index (χ3n) is 1.66. The second-order valence-electron chi connectivity index (χ2n) is 3.92. The van der Waals surface area contributed by atoms with Crippen molar-refractivity contribution in [2.45, 2.75) is 27.7 Å². The SMILES string of the molecule is C[C](C)=[Zr+2].C[c-]1cccc1.C[c-]1cccc1.[Cl-].[Cl-]. The second-order valence-corrected chi connectivity index (χ2v) is 6.38. The average Bonchev–Trinajstić information content (AvgIpc) is 2.78. The summed E-state index contributed by atoms with van der Waals surface area (Å²) in [5.74, 6) is 0. The fourth-order valence-electron chi connectivity index (χ4n) is 0.940. The number of hydrogen-bond donors (Lipinski definition) is 0. The molecule has 0 radical (unpaired) electrons. The van der Waals surface area contributed by atoms with Gasteiger partial charge in [-0.05, 0) is 0 Å². The molecule has 0 fully saturated rings. The molecular formula is C15H20Cl2Zr-2. The van der Waals surface area contributed by atoms with Crippen molar-refractivity contribution >= 4 is 3.21 Å². The standard InChI is InChI=1S/2C6H7.C3H6.2ClH.Zr/c2*1-6-4-2-3-5-6;1-3-2;;;/h2*2-5H,1H3;1-2H3;2*1H;/q2*-1;;;;+2/p-2. The van der Waals surface area contributed by atoms with Crippen LogP contribution in [0.2, 0.25) is 0 Å². The fourth-order valence-corrected chi connectivity index (χ4v) is 0.940. The molecule has 0 aliphatic carbocycles. The van der Waals surface area contributed by atoms with Gasteiger partial charge in [-0.15, -0.1) is 0 Å². The number of hydrogen-bond acceptors (Lipinski definition) is 0. The summed E-state index contributed by atoms with van der Waals surface area (Å²) in [6, 6.07) is 16.5. The van der Waals surface area contributed by atoms with Crippen molar-refractivity contribution in [1.29, 1.82) is 0 Å². The molecule has 0 atom stereocenters. The van der Waals surface area contributed by atoms with Gasteiger partial charge in [0.05, 0.1) is 0 Å². The smallest absolute Gasteiger partial charge is 0.0860 e. The molecular weight excluding hydrogens is 342 g/mol. The number of rotatable bonds is 0. The maximum absolute atomic E-state index is 2.12. The van der Waals surface area contributed by atoms with E-state index < -0.39 is 0 Å². The normalized spacial score (nSPS) is 7.44. The van der Waals surface area contributed by atoms with E-state index in [1.807, 2.05) is 24.3 Å². The molecule has 0 spiro atoms. The van der Waals surface area contributed by atoms with Gasteiger partial charge in [-0.25, -0.2) is 24.3 Å². The first-order valence-electron chi connectivity index (χ1n) is 5.40. The van der Waals surface area contributed by atoms with Crippen LogP contribution in [0.25, 0.3) is 0 Å². The van der Waals surface area contributed by atoms with Crippen molar-refractivity contribution in [3.05, 3.63) is 59.7 Å². The first-order chi connectivity index (χ1) is 7.52. The van der Waals surface area contributed by atoms with Crippen LogP contribution in [0.15, 0.2) is 48.5 Å². The zero-order chi connectivity index (χ0) is 12.4. The van der Waals surface area contributed by atoms with Crippen LogP contribution < -0.4 is 24.8 Å². The molecule has 0 aliphatic heterocycles. The molecule has 2 aromatic carbocycles. The minimum Gasteiger partial charge on any atom is -1.00 e.